The van der Waals surface area contributed by atoms with Crippen molar-refractivity contribution in [1.29, 1.82) is 0 Å². The van der Waals surface area contributed by atoms with Crippen molar-refractivity contribution in [3.05, 3.63) is 0 Å². The number of hydrogen-bond donors (Lipinski definition) is 2. The predicted octanol–water partition coefficient (Wildman–Crippen LogP) is 9.14. The molecule has 0 saturated carbocycles. The van der Waals surface area contributed by atoms with E-state index in [-0.39, 0.29) is 18.9 Å². The highest BCUT2D eigenvalue weighted by molar-refractivity contribution is 5.76. The van der Waals surface area contributed by atoms with Gasteiger partial charge in [-0.2, -0.15) is 0 Å². The number of hydrogen-bond acceptors (Lipinski definition) is 11. The lowest BCUT2D eigenvalue weighted by atomic mass is 9.89. The number of nitrogens with one attached hydrogen (secondary N) is 1. The highest BCUT2D eigenvalue weighted by Crippen LogP contribution is 2.32. The van der Waals surface area contributed by atoms with Crippen molar-refractivity contribution >= 4 is 29.8 Å². The summed E-state index contributed by atoms with van der Waals surface area (Å²) in [5, 5.41) is 13.9. The van der Waals surface area contributed by atoms with E-state index >= 15 is 0 Å². The van der Waals surface area contributed by atoms with Gasteiger partial charge in [-0.05, 0) is 12.8 Å². The molecular formula is C45H81NO11. The average molecular weight is 812 g/mol. The Hall–Kier alpha value is -2.73. The standard InChI is InChI=1S/C45H81NO11/c1-7-9-10-11-12-13-14-15-16-17-18-19-20-21-22-23-24-25-26-27-28-29-30-31-42(52)46-38(39(51)8-2)32-40-43(54-35(4)48)45(56-37(6)50)44(55-36(5)49)41(57-40)33-53-34(3)47/h38-41,43-45,51H,7-33H2,1-6H3,(H,46,52)/t38-,39-,40?,41-,43+,44+,45-/m1/s1. The van der Waals surface area contributed by atoms with Crippen LogP contribution in [0, 0.1) is 0 Å². The molecule has 1 unspecified atom stereocenters. The van der Waals surface area contributed by atoms with E-state index in [1.54, 1.807) is 6.92 Å². The molecule has 57 heavy (non-hydrogen) atoms. The summed E-state index contributed by atoms with van der Waals surface area (Å²) in [6.45, 7) is 8.41. The second kappa shape index (κ2) is 33.1. The third-order valence-corrected chi connectivity index (χ3v) is 10.8. The summed E-state index contributed by atoms with van der Waals surface area (Å²) in [6.07, 6.45) is 23.6. The van der Waals surface area contributed by atoms with Crippen LogP contribution in [0.4, 0.5) is 0 Å². The first kappa shape index (κ1) is 52.3. The highest BCUT2D eigenvalue weighted by Gasteiger charge is 2.52. The van der Waals surface area contributed by atoms with Crippen LogP contribution in [-0.2, 0) is 47.7 Å². The van der Waals surface area contributed by atoms with E-state index in [1.165, 1.54) is 136 Å². The minimum absolute atomic E-state index is 0.0285. The first-order valence-corrected chi connectivity index (χ1v) is 22.7. The molecule has 1 fully saturated rings. The van der Waals surface area contributed by atoms with Crippen molar-refractivity contribution in [2.75, 3.05) is 6.61 Å². The zero-order valence-electron chi connectivity index (χ0n) is 36.7. The van der Waals surface area contributed by atoms with E-state index in [2.05, 4.69) is 12.2 Å². The van der Waals surface area contributed by atoms with Gasteiger partial charge in [0.15, 0.2) is 18.3 Å². The molecule has 7 atom stereocenters. The average Bonchev–Trinajstić information content (AvgIpc) is 3.15. The number of ether oxygens (including phenoxy) is 5. The van der Waals surface area contributed by atoms with Gasteiger partial charge in [0.1, 0.15) is 18.8 Å². The van der Waals surface area contributed by atoms with Crippen molar-refractivity contribution in [3.8, 4) is 0 Å². The number of aliphatic hydroxyl groups is 1. The number of esters is 4. The molecule has 0 bridgehead atoms. The Kier molecular flexibility index (Phi) is 30.4. The van der Waals surface area contributed by atoms with Crippen molar-refractivity contribution in [2.45, 2.75) is 251 Å². The molecule has 332 valence electrons. The third-order valence-electron chi connectivity index (χ3n) is 10.8. The molecule has 1 heterocycles. The van der Waals surface area contributed by atoms with E-state index in [1.807, 2.05) is 0 Å². The maximum absolute atomic E-state index is 13.1. The smallest absolute Gasteiger partial charge is 0.303 e. The second-order valence-electron chi connectivity index (χ2n) is 16.2. The van der Waals surface area contributed by atoms with Gasteiger partial charge in [0.05, 0.1) is 12.1 Å². The van der Waals surface area contributed by atoms with Crippen LogP contribution >= 0.6 is 0 Å². The fourth-order valence-electron chi connectivity index (χ4n) is 7.70. The number of carbonyl (C=O) groups excluding carboxylic acids is 5. The molecule has 0 aromatic heterocycles. The molecule has 1 rings (SSSR count). The number of carbonyl (C=O) groups is 5. The summed E-state index contributed by atoms with van der Waals surface area (Å²) in [6, 6.07) is -0.798. The van der Waals surface area contributed by atoms with Gasteiger partial charge in [0.25, 0.3) is 0 Å². The first-order chi connectivity index (χ1) is 27.4. The van der Waals surface area contributed by atoms with Gasteiger partial charge < -0.3 is 34.1 Å². The minimum atomic E-state index is -1.31. The molecule has 0 aromatic carbocycles. The van der Waals surface area contributed by atoms with E-state index in [0.29, 0.717) is 12.8 Å². The van der Waals surface area contributed by atoms with Crippen molar-refractivity contribution in [2.24, 2.45) is 0 Å². The monoisotopic (exact) mass is 812 g/mol. The Morgan fingerprint density at radius 3 is 1.26 bits per heavy atom. The van der Waals surface area contributed by atoms with Crippen LogP contribution in [0.2, 0.25) is 0 Å². The molecule has 1 aliphatic heterocycles. The maximum atomic E-state index is 13.1. The van der Waals surface area contributed by atoms with Gasteiger partial charge >= 0.3 is 23.9 Å². The van der Waals surface area contributed by atoms with Gasteiger partial charge in [0, 0.05) is 40.5 Å². The first-order valence-electron chi connectivity index (χ1n) is 22.7. The number of aliphatic hydroxyl groups excluding tert-OH is 1. The van der Waals surface area contributed by atoms with Crippen molar-refractivity contribution in [1.82, 2.24) is 5.32 Å². The minimum Gasteiger partial charge on any atom is -0.463 e. The molecule has 0 aromatic rings. The maximum Gasteiger partial charge on any atom is 0.303 e. The van der Waals surface area contributed by atoms with Crippen LogP contribution in [0.5, 0.6) is 0 Å². The van der Waals surface area contributed by atoms with E-state index in [0.717, 1.165) is 39.5 Å². The van der Waals surface area contributed by atoms with Crippen LogP contribution in [0.3, 0.4) is 0 Å². The summed E-state index contributed by atoms with van der Waals surface area (Å²) < 4.78 is 27.9. The lowest BCUT2D eigenvalue weighted by Gasteiger charge is -2.45. The zero-order chi connectivity index (χ0) is 42.3. The fourth-order valence-corrected chi connectivity index (χ4v) is 7.70. The summed E-state index contributed by atoms with van der Waals surface area (Å²) in [5.74, 6) is -2.98. The summed E-state index contributed by atoms with van der Waals surface area (Å²) in [4.78, 5) is 61.2. The molecule has 1 aliphatic rings. The second-order valence-corrected chi connectivity index (χ2v) is 16.2. The number of unbranched alkanes of at least 4 members (excludes halogenated alkanes) is 22. The van der Waals surface area contributed by atoms with Gasteiger partial charge in [-0.3, -0.25) is 24.0 Å². The highest BCUT2D eigenvalue weighted by atomic mass is 16.7. The molecule has 0 spiro atoms. The summed E-state index contributed by atoms with van der Waals surface area (Å²) in [7, 11) is 0. The Morgan fingerprint density at radius 1 is 0.526 bits per heavy atom. The lowest BCUT2D eigenvalue weighted by Crippen LogP contribution is -2.63. The molecule has 12 heteroatoms. The topological polar surface area (TPSA) is 164 Å². The van der Waals surface area contributed by atoms with Crippen LogP contribution in [-0.4, -0.2) is 84.2 Å². The summed E-state index contributed by atoms with van der Waals surface area (Å²) in [5.41, 5.74) is 0. The van der Waals surface area contributed by atoms with E-state index in [9.17, 15) is 29.1 Å². The van der Waals surface area contributed by atoms with E-state index < -0.39 is 66.5 Å². The Morgan fingerprint density at radius 2 is 0.895 bits per heavy atom. The molecule has 1 saturated heterocycles. The third kappa shape index (κ3) is 26.1. The zero-order valence-corrected chi connectivity index (χ0v) is 36.7. The Labute approximate surface area is 345 Å². The molecule has 0 radical (unpaired) electrons. The predicted molar refractivity (Wildman–Crippen MR) is 221 cm³/mol. The largest absolute Gasteiger partial charge is 0.463 e. The van der Waals surface area contributed by atoms with Crippen LogP contribution in [0.15, 0.2) is 0 Å². The van der Waals surface area contributed by atoms with Gasteiger partial charge in [-0.15, -0.1) is 0 Å². The molecule has 0 aliphatic carbocycles. The van der Waals surface area contributed by atoms with Crippen LogP contribution in [0.1, 0.15) is 208 Å². The van der Waals surface area contributed by atoms with Gasteiger partial charge in [-0.1, -0.05) is 155 Å². The summed E-state index contributed by atoms with van der Waals surface area (Å²) >= 11 is 0. The number of rotatable bonds is 34. The Balaban J connectivity index is 2.43. The van der Waals surface area contributed by atoms with Gasteiger partial charge in [0.2, 0.25) is 5.91 Å². The van der Waals surface area contributed by atoms with Crippen molar-refractivity contribution in [3.63, 3.8) is 0 Å². The Bertz CT molecular complexity index is 1100. The lowest BCUT2D eigenvalue weighted by molar-refractivity contribution is -0.254. The normalized spacial score (nSPS) is 20.3. The number of amides is 1. The SMILES string of the molecule is CCCCCCCCCCCCCCCCCCCCCCCCCC(=O)N[C@H](CC1O[C@H](COC(C)=O)[C@H](OC(C)=O)[C@H](OC(C)=O)[C@H]1OC(C)=O)[C@H](O)CC. The quantitative estimate of drug-likeness (QED) is 0.0362. The molecular weight excluding hydrogens is 730 g/mol. The van der Waals surface area contributed by atoms with Crippen molar-refractivity contribution < 1.29 is 52.8 Å². The van der Waals surface area contributed by atoms with Crippen LogP contribution < -0.4 is 5.32 Å². The van der Waals surface area contributed by atoms with E-state index in [4.69, 9.17) is 23.7 Å². The van der Waals surface area contributed by atoms with Crippen LogP contribution in [0.25, 0.3) is 0 Å². The van der Waals surface area contributed by atoms with Gasteiger partial charge in [-0.25, -0.2) is 0 Å². The molecule has 1 amide bonds. The molecule has 12 nitrogen and oxygen atoms in total. The fraction of sp³-hybridized carbons (Fsp3) is 0.889. The molecule has 2 N–H and O–H groups in total.